The van der Waals surface area contributed by atoms with Crippen molar-refractivity contribution in [3.63, 3.8) is 0 Å². The largest absolute Gasteiger partial charge is 0.469 e. The maximum atomic E-state index is 5.38. The summed E-state index contributed by atoms with van der Waals surface area (Å²) in [7, 11) is 0. The van der Waals surface area contributed by atoms with Gasteiger partial charge in [-0.3, -0.25) is 0 Å². The van der Waals surface area contributed by atoms with E-state index in [0.29, 0.717) is 18.0 Å². The molecule has 0 aliphatic heterocycles. The molecule has 1 heterocycles. The van der Waals surface area contributed by atoms with E-state index in [2.05, 4.69) is 42.6 Å². The topological polar surface area (TPSA) is 25.2 Å². The molecule has 0 bridgehead atoms. The van der Waals surface area contributed by atoms with Crippen molar-refractivity contribution in [3.8, 4) is 0 Å². The first-order valence-corrected chi connectivity index (χ1v) is 6.66. The molecule has 0 saturated heterocycles. The SMILES string of the molecule is CC(Cc1ccco1)NC1CC1c1ccccc1. The summed E-state index contributed by atoms with van der Waals surface area (Å²) in [5.41, 5.74) is 1.46. The Hall–Kier alpha value is -1.54. The molecule has 3 rings (SSSR count). The lowest BCUT2D eigenvalue weighted by molar-refractivity contribution is 0.453. The molecule has 1 aliphatic rings. The van der Waals surface area contributed by atoms with E-state index in [9.17, 15) is 0 Å². The highest BCUT2D eigenvalue weighted by Crippen LogP contribution is 2.40. The fourth-order valence-electron chi connectivity index (χ4n) is 2.60. The van der Waals surface area contributed by atoms with Crippen LogP contribution >= 0.6 is 0 Å². The van der Waals surface area contributed by atoms with Crippen LogP contribution in [0.4, 0.5) is 0 Å². The molecule has 2 nitrogen and oxygen atoms in total. The Morgan fingerprint density at radius 3 is 2.78 bits per heavy atom. The van der Waals surface area contributed by atoms with Crippen LogP contribution in [0.25, 0.3) is 0 Å². The molecule has 1 N–H and O–H groups in total. The third-order valence-corrected chi connectivity index (χ3v) is 3.60. The zero-order valence-electron chi connectivity index (χ0n) is 10.7. The minimum atomic E-state index is 0.467. The van der Waals surface area contributed by atoms with Crippen LogP contribution in [0.1, 0.15) is 30.6 Å². The van der Waals surface area contributed by atoms with Crippen molar-refractivity contribution < 1.29 is 4.42 Å². The Bertz CT molecular complexity index is 477. The van der Waals surface area contributed by atoms with E-state index >= 15 is 0 Å². The van der Waals surface area contributed by atoms with Crippen LogP contribution in [0, 0.1) is 0 Å². The van der Waals surface area contributed by atoms with Gasteiger partial charge in [0.15, 0.2) is 0 Å². The Morgan fingerprint density at radius 2 is 2.06 bits per heavy atom. The molecule has 3 unspecified atom stereocenters. The van der Waals surface area contributed by atoms with Gasteiger partial charge in [-0.2, -0.15) is 0 Å². The Morgan fingerprint density at radius 1 is 1.22 bits per heavy atom. The highest BCUT2D eigenvalue weighted by atomic mass is 16.3. The van der Waals surface area contributed by atoms with Gasteiger partial charge in [0.05, 0.1) is 6.26 Å². The van der Waals surface area contributed by atoms with Gasteiger partial charge in [-0.05, 0) is 31.0 Å². The van der Waals surface area contributed by atoms with Crippen molar-refractivity contribution >= 4 is 0 Å². The predicted octanol–water partition coefficient (Wildman–Crippen LogP) is 3.36. The summed E-state index contributed by atoms with van der Waals surface area (Å²) < 4.78 is 5.38. The molecule has 0 amide bonds. The molecule has 1 aromatic carbocycles. The van der Waals surface area contributed by atoms with Gasteiger partial charge in [-0.15, -0.1) is 0 Å². The lowest BCUT2D eigenvalue weighted by atomic mass is 10.1. The lowest BCUT2D eigenvalue weighted by Crippen LogP contribution is -2.30. The molecular weight excluding hydrogens is 222 g/mol. The molecule has 3 atom stereocenters. The maximum Gasteiger partial charge on any atom is 0.105 e. The van der Waals surface area contributed by atoms with E-state index in [1.165, 1.54) is 12.0 Å². The van der Waals surface area contributed by atoms with E-state index in [1.54, 1.807) is 6.26 Å². The second-order valence-corrected chi connectivity index (χ2v) is 5.21. The Labute approximate surface area is 108 Å². The minimum absolute atomic E-state index is 0.467. The summed E-state index contributed by atoms with van der Waals surface area (Å²) in [5, 5.41) is 3.68. The van der Waals surface area contributed by atoms with Crippen molar-refractivity contribution in [2.75, 3.05) is 0 Å². The first-order valence-electron chi connectivity index (χ1n) is 6.66. The van der Waals surface area contributed by atoms with Crippen molar-refractivity contribution in [1.29, 1.82) is 0 Å². The number of hydrogen-bond donors (Lipinski definition) is 1. The molecule has 1 saturated carbocycles. The second kappa shape index (κ2) is 4.99. The van der Waals surface area contributed by atoms with Crippen LogP contribution in [0.5, 0.6) is 0 Å². The first kappa shape index (κ1) is 11.5. The fourth-order valence-corrected chi connectivity index (χ4v) is 2.60. The van der Waals surface area contributed by atoms with Crippen molar-refractivity contribution in [1.82, 2.24) is 5.32 Å². The smallest absolute Gasteiger partial charge is 0.105 e. The normalized spacial score (nSPS) is 23.8. The fraction of sp³-hybridized carbons (Fsp3) is 0.375. The summed E-state index contributed by atoms with van der Waals surface area (Å²) >= 11 is 0. The van der Waals surface area contributed by atoms with Gasteiger partial charge in [0.25, 0.3) is 0 Å². The highest BCUT2D eigenvalue weighted by Gasteiger charge is 2.38. The van der Waals surface area contributed by atoms with E-state index in [0.717, 1.165) is 12.2 Å². The first-order chi connectivity index (χ1) is 8.83. The molecule has 18 heavy (non-hydrogen) atoms. The molecule has 2 aromatic rings. The number of rotatable bonds is 5. The quantitative estimate of drug-likeness (QED) is 0.868. The van der Waals surface area contributed by atoms with Crippen LogP contribution in [0.3, 0.4) is 0 Å². The van der Waals surface area contributed by atoms with Crippen LogP contribution < -0.4 is 5.32 Å². The molecule has 1 aliphatic carbocycles. The number of furan rings is 1. The van der Waals surface area contributed by atoms with Gasteiger partial charge in [0.1, 0.15) is 5.76 Å². The van der Waals surface area contributed by atoms with Crippen LogP contribution in [0.2, 0.25) is 0 Å². The monoisotopic (exact) mass is 241 g/mol. The maximum absolute atomic E-state index is 5.38. The molecule has 94 valence electrons. The average Bonchev–Trinajstić information content (AvgIpc) is 2.95. The highest BCUT2D eigenvalue weighted by molar-refractivity contribution is 5.27. The van der Waals surface area contributed by atoms with Gasteiger partial charge in [-0.25, -0.2) is 0 Å². The van der Waals surface area contributed by atoms with Crippen molar-refractivity contribution in [2.45, 2.75) is 37.8 Å². The van der Waals surface area contributed by atoms with Crippen molar-refractivity contribution in [2.24, 2.45) is 0 Å². The zero-order valence-corrected chi connectivity index (χ0v) is 10.7. The number of hydrogen-bond acceptors (Lipinski definition) is 2. The molecule has 1 aromatic heterocycles. The lowest BCUT2D eigenvalue weighted by Gasteiger charge is -2.12. The second-order valence-electron chi connectivity index (χ2n) is 5.21. The number of nitrogens with one attached hydrogen (secondary N) is 1. The van der Waals surface area contributed by atoms with Gasteiger partial charge in [0, 0.05) is 24.4 Å². The molecule has 0 radical (unpaired) electrons. The number of benzene rings is 1. The predicted molar refractivity (Wildman–Crippen MR) is 72.6 cm³/mol. The van der Waals surface area contributed by atoms with Gasteiger partial charge < -0.3 is 9.73 Å². The van der Waals surface area contributed by atoms with Crippen LogP contribution in [-0.2, 0) is 6.42 Å². The molecule has 2 heteroatoms. The van der Waals surface area contributed by atoms with Crippen molar-refractivity contribution in [3.05, 3.63) is 60.1 Å². The summed E-state index contributed by atoms with van der Waals surface area (Å²) in [4.78, 5) is 0. The summed E-state index contributed by atoms with van der Waals surface area (Å²) in [6, 6.07) is 15.9. The van der Waals surface area contributed by atoms with Crippen LogP contribution in [0.15, 0.2) is 53.1 Å². The minimum Gasteiger partial charge on any atom is -0.469 e. The Kier molecular flexibility index (Phi) is 3.20. The third kappa shape index (κ3) is 2.65. The van der Waals surface area contributed by atoms with E-state index in [1.807, 2.05) is 12.1 Å². The summed E-state index contributed by atoms with van der Waals surface area (Å²) in [6.07, 6.45) is 3.96. The van der Waals surface area contributed by atoms with E-state index in [4.69, 9.17) is 4.42 Å². The molecule has 0 spiro atoms. The zero-order chi connectivity index (χ0) is 12.4. The van der Waals surface area contributed by atoms with Crippen LogP contribution in [-0.4, -0.2) is 12.1 Å². The molecular formula is C16H19NO. The van der Waals surface area contributed by atoms with Gasteiger partial charge in [0.2, 0.25) is 0 Å². The molecule has 1 fully saturated rings. The summed E-state index contributed by atoms with van der Waals surface area (Å²) in [5.74, 6) is 1.76. The third-order valence-electron chi connectivity index (χ3n) is 3.60. The van der Waals surface area contributed by atoms with E-state index in [-0.39, 0.29) is 0 Å². The van der Waals surface area contributed by atoms with Gasteiger partial charge in [-0.1, -0.05) is 30.3 Å². The standard InChI is InChI=1S/C16H19NO/c1-12(10-14-8-5-9-18-14)17-16-11-15(16)13-6-3-2-4-7-13/h2-9,12,15-17H,10-11H2,1H3. The average molecular weight is 241 g/mol. The summed E-state index contributed by atoms with van der Waals surface area (Å²) in [6.45, 7) is 2.23. The van der Waals surface area contributed by atoms with Gasteiger partial charge >= 0.3 is 0 Å². The van der Waals surface area contributed by atoms with E-state index < -0.39 is 0 Å². The Balaban J connectivity index is 1.50.